The van der Waals surface area contributed by atoms with Gasteiger partial charge < -0.3 is 9.47 Å². The summed E-state index contributed by atoms with van der Waals surface area (Å²) in [7, 11) is 0. The van der Waals surface area contributed by atoms with Crippen molar-refractivity contribution < 1.29 is 23.5 Å². The molecule has 0 aliphatic rings. The number of esters is 1. The average molecular weight is 316 g/mol. The topological polar surface area (TPSA) is 52.6 Å². The third-order valence-electron chi connectivity index (χ3n) is 3.11. The fraction of sp³-hybridized carbons (Fsp3) is 0.222. The first-order valence-electron chi connectivity index (χ1n) is 7.29. The maximum absolute atomic E-state index is 12.9. The van der Waals surface area contributed by atoms with E-state index in [2.05, 4.69) is 0 Å². The zero-order chi connectivity index (χ0) is 16.7. The molecule has 0 aliphatic heterocycles. The Bertz CT molecular complexity index is 662. The van der Waals surface area contributed by atoms with E-state index in [1.54, 1.807) is 24.3 Å². The smallest absolute Gasteiger partial charge is 0.313 e. The van der Waals surface area contributed by atoms with E-state index in [4.69, 9.17) is 9.47 Å². The van der Waals surface area contributed by atoms with Crippen LogP contribution < -0.4 is 4.74 Å². The Hall–Kier alpha value is -2.53. The van der Waals surface area contributed by atoms with E-state index in [1.165, 1.54) is 24.3 Å². The quantitative estimate of drug-likeness (QED) is 0.340. The summed E-state index contributed by atoms with van der Waals surface area (Å²) in [5.74, 6) is -0.645. The van der Waals surface area contributed by atoms with Crippen molar-refractivity contribution in [2.24, 2.45) is 0 Å². The van der Waals surface area contributed by atoms with E-state index in [9.17, 15) is 14.0 Å². The van der Waals surface area contributed by atoms with Gasteiger partial charge in [0.05, 0.1) is 13.0 Å². The summed E-state index contributed by atoms with van der Waals surface area (Å²) in [6, 6.07) is 11.6. The lowest BCUT2D eigenvalue weighted by atomic mass is 10.0. The van der Waals surface area contributed by atoms with Gasteiger partial charge in [-0.1, -0.05) is 0 Å². The van der Waals surface area contributed by atoms with Crippen molar-refractivity contribution in [2.45, 2.75) is 13.3 Å². The van der Waals surface area contributed by atoms with E-state index in [-0.39, 0.29) is 12.2 Å². The number of ether oxygens (including phenoxy) is 2. The standard InChI is InChI=1S/C18H17FO4/c1-2-22-12-11-17(20)23-16-9-5-14(6-10-16)18(21)13-3-7-15(19)8-4-13/h3-10H,2,11-12H2,1H3. The van der Waals surface area contributed by atoms with E-state index in [1.807, 2.05) is 6.92 Å². The van der Waals surface area contributed by atoms with Gasteiger partial charge in [0.1, 0.15) is 11.6 Å². The van der Waals surface area contributed by atoms with Crippen LogP contribution in [0.5, 0.6) is 5.75 Å². The molecule has 2 aromatic rings. The Labute approximate surface area is 133 Å². The van der Waals surface area contributed by atoms with Crippen molar-refractivity contribution in [3.63, 3.8) is 0 Å². The SMILES string of the molecule is CCOCCC(=O)Oc1ccc(C(=O)c2ccc(F)cc2)cc1. The molecule has 0 spiro atoms. The molecule has 0 aliphatic carbocycles. The number of ketones is 1. The van der Waals surface area contributed by atoms with Gasteiger partial charge in [0.25, 0.3) is 0 Å². The molecule has 0 fully saturated rings. The summed E-state index contributed by atoms with van der Waals surface area (Å²) in [6.45, 7) is 2.71. The van der Waals surface area contributed by atoms with Gasteiger partial charge in [0.2, 0.25) is 0 Å². The van der Waals surface area contributed by atoms with Gasteiger partial charge in [0.15, 0.2) is 5.78 Å². The summed E-state index contributed by atoms with van der Waals surface area (Å²) in [5, 5.41) is 0. The predicted molar refractivity (Wildman–Crippen MR) is 83.0 cm³/mol. The molecule has 0 N–H and O–H groups in total. The minimum Gasteiger partial charge on any atom is -0.426 e. The summed E-state index contributed by atoms with van der Waals surface area (Å²) >= 11 is 0. The molecular weight excluding hydrogens is 299 g/mol. The Kier molecular flexibility index (Phi) is 6.00. The lowest BCUT2D eigenvalue weighted by molar-refractivity contribution is -0.135. The molecule has 0 amide bonds. The van der Waals surface area contributed by atoms with Crippen LogP contribution in [0.25, 0.3) is 0 Å². The van der Waals surface area contributed by atoms with Crippen molar-refractivity contribution in [3.05, 3.63) is 65.5 Å². The molecule has 2 rings (SSSR count). The molecule has 0 saturated carbocycles. The van der Waals surface area contributed by atoms with Crippen LogP contribution >= 0.6 is 0 Å². The Morgan fingerprint density at radius 3 is 2.09 bits per heavy atom. The number of hydrogen-bond donors (Lipinski definition) is 0. The van der Waals surface area contributed by atoms with E-state index in [0.29, 0.717) is 30.1 Å². The van der Waals surface area contributed by atoms with Crippen LogP contribution in [0.4, 0.5) is 4.39 Å². The van der Waals surface area contributed by atoms with Gasteiger partial charge in [-0.3, -0.25) is 9.59 Å². The first-order valence-corrected chi connectivity index (χ1v) is 7.29. The van der Waals surface area contributed by atoms with E-state index < -0.39 is 11.8 Å². The first-order chi connectivity index (χ1) is 11.1. The highest BCUT2D eigenvalue weighted by Gasteiger charge is 2.10. The van der Waals surface area contributed by atoms with Gasteiger partial charge in [-0.2, -0.15) is 0 Å². The molecule has 5 heteroatoms. The minimum absolute atomic E-state index is 0.171. The van der Waals surface area contributed by atoms with Crippen LogP contribution in [0.3, 0.4) is 0 Å². The van der Waals surface area contributed by atoms with Crippen molar-refractivity contribution >= 4 is 11.8 Å². The molecule has 0 heterocycles. The van der Waals surface area contributed by atoms with Crippen LogP contribution in [0.1, 0.15) is 29.3 Å². The van der Waals surface area contributed by atoms with Crippen molar-refractivity contribution in [1.82, 2.24) is 0 Å². The lowest BCUT2D eigenvalue weighted by Gasteiger charge is -2.06. The van der Waals surface area contributed by atoms with E-state index >= 15 is 0 Å². The Morgan fingerprint density at radius 1 is 0.957 bits per heavy atom. The van der Waals surface area contributed by atoms with Crippen LogP contribution in [-0.2, 0) is 9.53 Å². The highest BCUT2D eigenvalue weighted by atomic mass is 19.1. The molecule has 0 aromatic heterocycles. The second-order valence-electron chi connectivity index (χ2n) is 4.78. The fourth-order valence-electron chi connectivity index (χ4n) is 1.92. The van der Waals surface area contributed by atoms with Crippen molar-refractivity contribution in [2.75, 3.05) is 13.2 Å². The summed E-state index contributed by atoms with van der Waals surface area (Å²) in [4.78, 5) is 23.8. The van der Waals surface area contributed by atoms with E-state index in [0.717, 1.165) is 0 Å². The predicted octanol–water partition coefficient (Wildman–Crippen LogP) is 3.39. The molecule has 120 valence electrons. The molecule has 4 nitrogen and oxygen atoms in total. The van der Waals surface area contributed by atoms with Crippen molar-refractivity contribution in [3.8, 4) is 5.75 Å². The Balaban J connectivity index is 1.97. The highest BCUT2D eigenvalue weighted by molar-refractivity contribution is 6.09. The monoisotopic (exact) mass is 316 g/mol. The lowest BCUT2D eigenvalue weighted by Crippen LogP contribution is -2.11. The number of rotatable bonds is 7. The van der Waals surface area contributed by atoms with Crippen LogP contribution in [0, 0.1) is 5.82 Å². The molecule has 0 bridgehead atoms. The number of carbonyl (C=O) groups is 2. The third kappa shape index (κ3) is 5.00. The van der Waals surface area contributed by atoms with Gasteiger partial charge >= 0.3 is 5.97 Å². The molecule has 0 atom stereocenters. The molecule has 23 heavy (non-hydrogen) atoms. The number of halogens is 1. The van der Waals surface area contributed by atoms with Gasteiger partial charge in [-0.05, 0) is 55.5 Å². The first kappa shape index (κ1) is 16.8. The van der Waals surface area contributed by atoms with Crippen LogP contribution in [-0.4, -0.2) is 25.0 Å². The second kappa shape index (κ2) is 8.19. The number of carbonyl (C=O) groups excluding carboxylic acids is 2. The van der Waals surface area contributed by atoms with Gasteiger partial charge in [0, 0.05) is 17.7 Å². The highest BCUT2D eigenvalue weighted by Crippen LogP contribution is 2.16. The third-order valence-corrected chi connectivity index (χ3v) is 3.11. The van der Waals surface area contributed by atoms with Gasteiger partial charge in [-0.15, -0.1) is 0 Å². The summed E-state index contributed by atoms with van der Waals surface area (Å²) in [5.41, 5.74) is 0.832. The van der Waals surface area contributed by atoms with Crippen molar-refractivity contribution in [1.29, 1.82) is 0 Å². The Morgan fingerprint density at radius 2 is 1.52 bits per heavy atom. The molecular formula is C18H17FO4. The summed E-state index contributed by atoms with van der Waals surface area (Å²) in [6.07, 6.45) is 0.171. The van der Waals surface area contributed by atoms with Gasteiger partial charge in [-0.25, -0.2) is 4.39 Å². The normalized spacial score (nSPS) is 10.3. The largest absolute Gasteiger partial charge is 0.426 e. The van der Waals surface area contributed by atoms with Crippen LogP contribution in [0.15, 0.2) is 48.5 Å². The second-order valence-corrected chi connectivity index (χ2v) is 4.78. The number of benzene rings is 2. The summed E-state index contributed by atoms with van der Waals surface area (Å²) < 4.78 is 23.1. The maximum atomic E-state index is 12.9. The fourth-order valence-corrected chi connectivity index (χ4v) is 1.92. The zero-order valence-corrected chi connectivity index (χ0v) is 12.8. The molecule has 0 saturated heterocycles. The maximum Gasteiger partial charge on any atom is 0.313 e. The average Bonchev–Trinajstić information content (AvgIpc) is 2.56. The molecule has 0 unspecified atom stereocenters. The minimum atomic E-state index is -0.393. The molecule has 0 radical (unpaired) electrons. The zero-order valence-electron chi connectivity index (χ0n) is 12.8. The number of hydrogen-bond acceptors (Lipinski definition) is 4. The molecule has 2 aromatic carbocycles. The van der Waals surface area contributed by atoms with Crippen LogP contribution in [0.2, 0.25) is 0 Å².